The van der Waals surface area contributed by atoms with Gasteiger partial charge in [0.15, 0.2) is 0 Å². The minimum atomic E-state index is 0.547. The van der Waals surface area contributed by atoms with E-state index in [1.165, 1.54) is 0 Å². The summed E-state index contributed by atoms with van der Waals surface area (Å²) in [5.74, 6) is 0.826. The second-order valence-electron chi connectivity index (χ2n) is 4.18. The maximum Gasteiger partial charge on any atom is 0.145 e. The lowest BCUT2D eigenvalue weighted by Crippen LogP contribution is -2.00. The van der Waals surface area contributed by atoms with Crippen molar-refractivity contribution in [3.8, 4) is 11.4 Å². The number of aromatic amines is 1. The fraction of sp³-hybridized carbons (Fsp3) is 0.154. The second-order valence-corrected chi connectivity index (χ2v) is 4.57. The fourth-order valence-corrected chi connectivity index (χ4v) is 2.24. The number of benzene rings is 1. The largest absolute Gasteiger partial charge is 0.497 e. The average molecular weight is 272 g/mol. The van der Waals surface area contributed by atoms with Crippen molar-refractivity contribution in [3.63, 3.8) is 0 Å². The molecule has 0 radical (unpaired) electrons. The van der Waals surface area contributed by atoms with E-state index in [9.17, 15) is 0 Å². The summed E-state index contributed by atoms with van der Waals surface area (Å²) in [7, 11) is 1.65. The van der Waals surface area contributed by atoms with Crippen LogP contribution < -0.4 is 4.74 Å². The van der Waals surface area contributed by atoms with E-state index in [1.54, 1.807) is 19.6 Å². The van der Waals surface area contributed by atoms with Gasteiger partial charge in [0.1, 0.15) is 16.0 Å². The molecule has 19 heavy (non-hydrogen) atoms. The van der Waals surface area contributed by atoms with Crippen molar-refractivity contribution in [2.45, 2.75) is 6.92 Å². The van der Waals surface area contributed by atoms with E-state index >= 15 is 0 Å². The summed E-state index contributed by atoms with van der Waals surface area (Å²) in [5.41, 5.74) is 2.89. The molecule has 2 heterocycles. The highest BCUT2D eigenvalue weighted by Crippen LogP contribution is 2.22. The Balaban J connectivity index is 2.25. The number of nitrogens with zero attached hydrogens (tertiary/aromatic N) is 3. The molecule has 0 saturated heterocycles. The highest BCUT2D eigenvalue weighted by Gasteiger charge is 2.09. The van der Waals surface area contributed by atoms with Crippen LogP contribution in [0.2, 0.25) is 0 Å². The standard InChI is InChI=1S/C13H12N4OS/c1-8-5-9(18-2)3-4-11(8)17-12-10(6-16-17)13(19)15-7-14-12/h3-7H,1-2H3,(H,14,15,19). The first kappa shape index (κ1) is 11.9. The van der Waals surface area contributed by atoms with Crippen LogP contribution in [0.25, 0.3) is 16.7 Å². The average Bonchev–Trinajstić information content (AvgIpc) is 2.84. The third-order valence-corrected chi connectivity index (χ3v) is 3.34. The molecule has 1 aromatic carbocycles. The molecule has 6 heteroatoms. The number of fused-ring (bicyclic) bond motifs is 1. The van der Waals surface area contributed by atoms with E-state index in [2.05, 4.69) is 15.1 Å². The molecule has 0 aliphatic carbocycles. The number of ether oxygens (including phenoxy) is 1. The smallest absolute Gasteiger partial charge is 0.145 e. The summed E-state index contributed by atoms with van der Waals surface area (Å²) < 4.78 is 7.58. The zero-order chi connectivity index (χ0) is 13.4. The second kappa shape index (κ2) is 4.47. The van der Waals surface area contributed by atoms with Crippen LogP contribution in [0, 0.1) is 11.6 Å². The summed E-state index contributed by atoms with van der Waals surface area (Å²) in [4.78, 5) is 7.14. The Hall–Kier alpha value is -2.21. The number of nitrogens with one attached hydrogen (secondary N) is 1. The molecule has 0 aliphatic heterocycles. The topological polar surface area (TPSA) is 55.7 Å². The number of aromatic nitrogens is 4. The lowest BCUT2D eigenvalue weighted by molar-refractivity contribution is 0.414. The molecule has 5 nitrogen and oxygen atoms in total. The maximum absolute atomic E-state index is 5.21. The van der Waals surface area contributed by atoms with E-state index in [0.717, 1.165) is 28.0 Å². The predicted octanol–water partition coefficient (Wildman–Crippen LogP) is 2.80. The minimum Gasteiger partial charge on any atom is -0.497 e. The van der Waals surface area contributed by atoms with Crippen molar-refractivity contribution in [1.29, 1.82) is 0 Å². The van der Waals surface area contributed by atoms with Gasteiger partial charge in [-0.25, -0.2) is 9.67 Å². The van der Waals surface area contributed by atoms with Crippen molar-refractivity contribution in [1.82, 2.24) is 19.7 Å². The van der Waals surface area contributed by atoms with Gasteiger partial charge in [-0.3, -0.25) is 0 Å². The fourth-order valence-electron chi connectivity index (χ4n) is 2.04. The van der Waals surface area contributed by atoms with Crippen molar-refractivity contribution in [3.05, 3.63) is 40.9 Å². The summed E-state index contributed by atoms with van der Waals surface area (Å²) in [6.45, 7) is 2.02. The van der Waals surface area contributed by atoms with Gasteiger partial charge in [-0.05, 0) is 30.7 Å². The van der Waals surface area contributed by atoms with Crippen LogP contribution in [-0.4, -0.2) is 26.9 Å². The van der Waals surface area contributed by atoms with Crippen LogP contribution >= 0.6 is 12.2 Å². The zero-order valence-electron chi connectivity index (χ0n) is 10.5. The zero-order valence-corrected chi connectivity index (χ0v) is 11.4. The molecule has 1 N–H and O–H groups in total. The molecule has 0 bridgehead atoms. The van der Waals surface area contributed by atoms with Crippen LogP contribution in [0.4, 0.5) is 0 Å². The van der Waals surface area contributed by atoms with Crippen LogP contribution in [0.3, 0.4) is 0 Å². The number of rotatable bonds is 2. The van der Waals surface area contributed by atoms with Gasteiger partial charge in [0.25, 0.3) is 0 Å². The van der Waals surface area contributed by atoms with E-state index in [-0.39, 0.29) is 0 Å². The van der Waals surface area contributed by atoms with Crippen LogP contribution in [-0.2, 0) is 0 Å². The van der Waals surface area contributed by atoms with E-state index < -0.39 is 0 Å². The first-order valence-corrected chi connectivity index (χ1v) is 6.18. The van der Waals surface area contributed by atoms with Gasteiger partial charge in [-0.1, -0.05) is 12.2 Å². The molecular formula is C13H12N4OS. The van der Waals surface area contributed by atoms with Crippen molar-refractivity contribution in [2.75, 3.05) is 7.11 Å². The Bertz CT molecular complexity index is 806. The van der Waals surface area contributed by atoms with Gasteiger partial charge in [0.05, 0.1) is 30.7 Å². The summed E-state index contributed by atoms with van der Waals surface area (Å²) in [6.07, 6.45) is 3.31. The monoisotopic (exact) mass is 272 g/mol. The molecule has 0 spiro atoms. The van der Waals surface area contributed by atoms with Gasteiger partial charge < -0.3 is 9.72 Å². The van der Waals surface area contributed by atoms with Crippen molar-refractivity contribution >= 4 is 23.3 Å². The molecular weight excluding hydrogens is 260 g/mol. The summed E-state index contributed by atoms with van der Waals surface area (Å²) in [6, 6.07) is 5.85. The number of methoxy groups -OCH3 is 1. The molecule has 2 aromatic heterocycles. The molecule has 96 valence electrons. The number of aryl methyl sites for hydroxylation is 1. The number of hydrogen-bond acceptors (Lipinski definition) is 4. The minimum absolute atomic E-state index is 0.547. The third kappa shape index (κ3) is 1.90. The Morgan fingerprint density at radius 2 is 2.21 bits per heavy atom. The lowest BCUT2D eigenvalue weighted by atomic mass is 10.2. The van der Waals surface area contributed by atoms with Crippen LogP contribution in [0.1, 0.15) is 5.56 Å². The van der Waals surface area contributed by atoms with Crippen molar-refractivity contribution in [2.24, 2.45) is 0 Å². The highest BCUT2D eigenvalue weighted by atomic mass is 32.1. The third-order valence-electron chi connectivity index (χ3n) is 3.01. The number of H-pyrrole nitrogens is 1. The van der Waals surface area contributed by atoms with Gasteiger partial charge in [0.2, 0.25) is 0 Å². The Morgan fingerprint density at radius 3 is 2.95 bits per heavy atom. The molecule has 0 atom stereocenters. The normalized spacial score (nSPS) is 10.8. The predicted molar refractivity (Wildman–Crippen MR) is 75.3 cm³/mol. The van der Waals surface area contributed by atoms with Crippen molar-refractivity contribution < 1.29 is 4.74 Å². The SMILES string of the molecule is COc1ccc(-n2ncc3c(=S)nc[nH]c32)c(C)c1. The van der Waals surface area contributed by atoms with Gasteiger partial charge in [-0.15, -0.1) is 0 Å². The van der Waals surface area contributed by atoms with Gasteiger partial charge >= 0.3 is 0 Å². The summed E-state index contributed by atoms with van der Waals surface area (Å²) in [5, 5.41) is 5.22. The van der Waals surface area contributed by atoms with E-state index in [0.29, 0.717) is 4.64 Å². The quantitative estimate of drug-likeness (QED) is 0.729. The maximum atomic E-state index is 5.21. The van der Waals surface area contributed by atoms with Crippen LogP contribution in [0.5, 0.6) is 5.75 Å². The molecule has 0 amide bonds. The van der Waals surface area contributed by atoms with Gasteiger partial charge in [-0.2, -0.15) is 5.10 Å². The molecule has 3 rings (SSSR count). The Kier molecular flexibility index (Phi) is 2.79. The molecule has 0 fully saturated rings. The highest BCUT2D eigenvalue weighted by molar-refractivity contribution is 7.71. The van der Waals surface area contributed by atoms with E-state index in [4.69, 9.17) is 17.0 Å². The Labute approximate surface area is 114 Å². The molecule has 0 unspecified atom stereocenters. The van der Waals surface area contributed by atoms with Gasteiger partial charge in [0, 0.05) is 0 Å². The Morgan fingerprint density at radius 1 is 1.37 bits per heavy atom. The van der Waals surface area contributed by atoms with Crippen LogP contribution in [0.15, 0.2) is 30.7 Å². The molecule has 0 saturated carbocycles. The first-order chi connectivity index (χ1) is 9.20. The lowest BCUT2D eigenvalue weighted by Gasteiger charge is -2.08. The molecule has 3 aromatic rings. The first-order valence-electron chi connectivity index (χ1n) is 5.77. The van der Waals surface area contributed by atoms with E-state index in [1.807, 2.05) is 29.8 Å². The number of hydrogen-bond donors (Lipinski definition) is 1. The molecule has 0 aliphatic rings. The summed E-state index contributed by atoms with van der Waals surface area (Å²) >= 11 is 5.18.